The fourth-order valence-corrected chi connectivity index (χ4v) is 2.08. The molecule has 16 heavy (non-hydrogen) atoms. The van der Waals surface area contributed by atoms with Crippen LogP contribution in [0.2, 0.25) is 5.28 Å². The summed E-state index contributed by atoms with van der Waals surface area (Å²) >= 11 is 5.80. The van der Waals surface area contributed by atoms with E-state index in [1.165, 1.54) is 0 Å². The zero-order chi connectivity index (χ0) is 11.5. The van der Waals surface area contributed by atoms with Crippen molar-refractivity contribution >= 4 is 17.4 Å². The lowest BCUT2D eigenvalue weighted by Crippen LogP contribution is -2.53. The average molecular weight is 241 g/mol. The Labute approximate surface area is 101 Å². The summed E-state index contributed by atoms with van der Waals surface area (Å²) < 4.78 is 0. The topological polar surface area (TPSA) is 41.1 Å². The molecular weight excluding hydrogens is 224 g/mol. The molecule has 0 radical (unpaired) electrons. The SMILES string of the molecule is CC(C)C1CN(c2ccnc(Cl)n2)CCN1. The number of halogens is 1. The Morgan fingerprint density at radius 2 is 2.38 bits per heavy atom. The van der Waals surface area contributed by atoms with Crippen LogP contribution < -0.4 is 10.2 Å². The highest BCUT2D eigenvalue weighted by Gasteiger charge is 2.22. The van der Waals surface area contributed by atoms with Crippen LogP contribution in [0.15, 0.2) is 12.3 Å². The number of rotatable bonds is 2. The van der Waals surface area contributed by atoms with E-state index in [-0.39, 0.29) is 0 Å². The van der Waals surface area contributed by atoms with E-state index in [9.17, 15) is 0 Å². The smallest absolute Gasteiger partial charge is 0.224 e. The summed E-state index contributed by atoms with van der Waals surface area (Å²) in [6.07, 6.45) is 1.71. The van der Waals surface area contributed by atoms with Crippen molar-refractivity contribution in [3.8, 4) is 0 Å². The Morgan fingerprint density at radius 1 is 1.56 bits per heavy atom. The molecule has 4 nitrogen and oxygen atoms in total. The second-order valence-corrected chi connectivity index (χ2v) is 4.77. The molecule has 1 aromatic heterocycles. The van der Waals surface area contributed by atoms with Crippen LogP contribution in [0, 0.1) is 5.92 Å². The number of hydrogen-bond donors (Lipinski definition) is 1. The Hall–Kier alpha value is -0.870. The molecule has 1 fully saturated rings. The minimum absolute atomic E-state index is 0.317. The molecule has 1 N–H and O–H groups in total. The van der Waals surface area contributed by atoms with E-state index in [0.29, 0.717) is 17.2 Å². The van der Waals surface area contributed by atoms with E-state index in [4.69, 9.17) is 11.6 Å². The first-order valence-electron chi connectivity index (χ1n) is 5.63. The summed E-state index contributed by atoms with van der Waals surface area (Å²) in [4.78, 5) is 10.4. The zero-order valence-corrected chi connectivity index (χ0v) is 10.4. The van der Waals surface area contributed by atoms with Gasteiger partial charge in [0.15, 0.2) is 0 Å². The molecule has 1 aliphatic heterocycles. The number of nitrogens with zero attached hydrogens (tertiary/aromatic N) is 3. The maximum atomic E-state index is 5.80. The summed E-state index contributed by atoms with van der Waals surface area (Å²) in [6, 6.07) is 2.43. The lowest BCUT2D eigenvalue weighted by molar-refractivity contribution is 0.367. The van der Waals surface area contributed by atoms with E-state index in [1.54, 1.807) is 6.20 Å². The summed E-state index contributed by atoms with van der Waals surface area (Å²) in [5.41, 5.74) is 0. The van der Waals surface area contributed by atoms with Crippen LogP contribution in [-0.4, -0.2) is 35.6 Å². The first-order chi connectivity index (χ1) is 7.66. The van der Waals surface area contributed by atoms with E-state index in [0.717, 1.165) is 25.5 Å². The Kier molecular flexibility index (Phi) is 3.61. The largest absolute Gasteiger partial charge is 0.354 e. The predicted octanol–water partition coefficient (Wildman–Crippen LogP) is 1.56. The van der Waals surface area contributed by atoms with E-state index < -0.39 is 0 Å². The predicted molar refractivity (Wildman–Crippen MR) is 65.9 cm³/mol. The number of anilines is 1. The average Bonchev–Trinajstić information content (AvgIpc) is 2.29. The Morgan fingerprint density at radius 3 is 3.06 bits per heavy atom. The Balaban J connectivity index is 2.09. The molecule has 0 amide bonds. The third kappa shape index (κ3) is 2.62. The maximum absolute atomic E-state index is 5.80. The van der Waals surface area contributed by atoms with Crippen molar-refractivity contribution in [1.82, 2.24) is 15.3 Å². The van der Waals surface area contributed by atoms with Gasteiger partial charge in [0.25, 0.3) is 0 Å². The van der Waals surface area contributed by atoms with E-state index >= 15 is 0 Å². The lowest BCUT2D eigenvalue weighted by Gasteiger charge is -2.36. The molecule has 0 bridgehead atoms. The van der Waals surface area contributed by atoms with Crippen LogP contribution in [0.5, 0.6) is 0 Å². The van der Waals surface area contributed by atoms with Crippen molar-refractivity contribution < 1.29 is 0 Å². The third-order valence-electron chi connectivity index (χ3n) is 2.95. The minimum Gasteiger partial charge on any atom is -0.354 e. The van der Waals surface area contributed by atoms with Crippen molar-refractivity contribution in [1.29, 1.82) is 0 Å². The number of piperazine rings is 1. The first kappa shape index (κ1) is 11.6. The highest BCUT2D eigenvalue weighted by molar-refractivity contribution is 6.28. The lowest BCUT2D eigenvalue weighted by atomic mass is 10.0. The van der Waals surface area contributed by atoms with Gasteiger partial charge in [0.2, 0.25) is 5.28 Å². The maximum Gasteiger partial charge on any atom is 0.224 e. The summed E-state index contributed by atoms with van der Waals surface area (Å²) in [7, 11) is 0. The standard InChI is InChI=1S/C11H17ClN4/c1-8(2)9-7-16(6-5-13-9)10-3-4-14-11(12)15-10/h3-4,8-9,13H,5-7H2,1-2H3. The van der Waals surface area contributed by atoms with Crippen LogP contribution in [-0.2, 0) is 0 Å². The third-order valence-corrected chi connectivity index (χ3v) is 3.13. The Bertz CT molecular complexity index is 356. The fourth-order valence-electron chi connectivity index (χ4n) is 1.93. The molecule has 2 heterocycles. The molecule has 0 aliphatic carbocycles. The second-order valence-electron chi connectivity index (χ2n) is 4.43. The molecule has 1 atom stereocenters. The van der Waals surface area contributed by atoms with Gasteiger partial charge in [0.05, 0.1) is 0 Å². The molecule has 2 rings (SSSR count). The van der Waals surface area contributed by atoms with Gasteiger partial charge in [-0.3, -0.25) is 0 Å². The molecule has 88 valence electrons. The van der Waals surface area contributed by atoms with Crippen molar-refractivity contribution in [2.45, 2.75) is 19.9 Å². The second kappa shape index (κ2) is 4.97. The van der Waals surface area contributed by atoms with E-state index in [2.05, 4.69) is 34.0 Å². The van der Waals surface area contributed by atoms with Crippen LogP contribution in [0.3, 0.4) is 0 Å². The zero-order valence-electron chi connectivity index (χ0n) is 9.65. The first-order valence-corrected chi connectivity index (χ1v) is 6.01. The number of aromatic nitrogens is 2. The molecule has 0 aromatic carbocycles. The van der Waals surface area contributed by atoms with Crippen molar-refractivity contribution in [3.63, 3.8) is 0 Å². The van der Waals surface area contributed by atoms with Crippen LogP contribution in [0.25, 0.3) is 0 Å². The summed E-state index contributed by atoms with van der Waals surface area (Å²) in [6.45, 7) is 7.40. The molecule has 5 heteroatoms. The molecule has 1 unspecified atom stereocenters. The molecular formula is C11H17ClN4. The van der Waals surface area contributed by atoms with Gasteiger partial charge in [-0.1, -0.05) is 13.8 Å². The summed E-state index contributed by atoms with van der Waals surface area (Å²) in [5.74, 6) is 1.55. The highest BCUT2D eigenvalue weighted by Crippen LogP contribution is 2.16. The quantitative estimate of drug-likeness (QED) is 0.797. The normalized spacial score (nSPS) is 21.5. The van der Waals surface area contributed by atoms with Crippen molar-refractivity contribution in [2.75, 3.05) is 24.5 Å². The van der Waals surface area contributed by atoms with E-state index in [1.807, 2.05) is 6.07 Å². The molecule has 0 saturated carbocycles. The van der Waals surface area contributed by atoms with Gasteiger partial charge in [-0.25, -0.2) is 9.97 Å². The van der Waals surface area contributed by atoms with Gasteiger partial charge in [0, 0.05) is 31.9 Å². The van der Waals surface area contributed by atoms with Crippen LogP contribution in [0.1, 0.15) is 13.8 Å². The van der Waals surface area contributed by atoms with Crippen LogP contribution >= 0.6 is 11.6 Å². The van der Waals surface area contributed by atoms with Gasteiger partial charge in [0.1, 0.15) is 5.82 Å². The molecule has 1 saturated heterocycles. The van der Waals surface area contributed by atoms with Crippen LogP contribution in [0.4, 0.5) is 5.82 Å². The molecule has 1 aromatic rings. The molecule has 0 spiro atoms. The van der Waals surface area contributed by atoms with Gasteiger partial charge in [-0.05, 0) is 23.6 Å². The minimum atomic E-state index is 0.317. The van der Waals surface area contributed by atoms with Gasteiger partial charge < -0.3 is 10.2 Å². The summed E-state index contributed by atoms with van der Waals surface area (Å²) in [5, 5.41) is 3.83. The fraction of sp³-hybridized carbons (Fsp3) is 0.636. The number of hydrogen-bond acceptors (Lipinski definition) is 4. The monoisotopic (exact) mass is 240 g/mol. The van der Waals surface area contributed by atoms with Gasteiger partial charge in [-0.15, -0.1) is 0 Å². The highest BCUT2D eigenvalue weighted by atomic mass is 35.5. The van der Waals surface area contributed by atoms with Crippen molar-refractivity contribution in [2.24, 2.45) is 5.92 Å². The number of nitrogens with one attached hydrogen (secondary N) is 1. The van der Waals surface area contributed by atoms with Gasteiger partial charge in [-0.2, -0.15) is 0 Å². The van der Waals surface area contributed by atoms with Gasteiger partial charge >= 0.3 is 0 Å². The van der Waals surface area contributed by atoms with Crippen molar-refractivity contribution in [3.05, 3.63) is 17.5 Å². The molecule has 1 aliphatic rings.